The maximum atomic E-state index is 13.1. The number of nitro benzene ring substituents is 1. The van der Waals surface area contributed by atoms with Crippen molar-refractivity contribution in [3.05, 3.63) is 57.8 Å². The maximum absolute atomic E-state index is 13.1. The van der Waals surface area contributed by atoms with Crippen LogP contribution in [0.1, 0.15) is 16.1 Å². The molecular weight excluding hydrogens is 273 g/mol. The number of hydrogen-bond donors (Lipinski definition) is 1. The van der Waals surface area contributed by atoms with Gasteiger partial charge in [0.1, 0.15) is 12.4 Å². The number of rotatable bonds is 5. The maximum Gasteiger partial charge on any atom is 0.372 e. The second-order valence-electron chi connectivity index (χ2n) is 3.74. The number of benzene rings is 1. The van der Waals surface area contributed by atoms with Gasteiger partial charge in [-0.2, -0.15) is 0 Å². The van der Waals surface area contributed by atoms with Gasteiger partial charge in [-0.1, -0.05) is 0 Å². The highest BCUT2D eigenvalue weighted by molar-refractivity contribution is 5.86. The average molecular weight is 281 g/mol. The summed E-state index contributed by atoms with van der Waals surface area (Å²) in [6, 6.07) is 4.12. The lowest BCUT2D eigenvalue weighted by molar-refractivity contribution is -0.386. The first-order chi connectivity index (χ1) is 9.49. The van der Waals surface area contributed by atoms with Crippen molar-refractivity contribution in [1.29, 1.82) is 0 Å². The molecule has 0 amide bonds. The summed E-state index contributed by atoms with van der Waals surface area (Å²) in [6.45, 7) is -0.289. The molecule has 0 saturated heterocycles. The highest BCUT2D eigenvalue weighted by Gasteiger charge is 2.19. The van der Waals surface area contributed by atoms with Gasteiger partial charge in [-0.25, -0.2) is 9.18 Å². The van der Waals surface area contributed by atoms with E-state index in [1.165, 1.54) is 6.07 Å². The van der Waals surface area contributed by atoms with Crippen molar-refractivity contribution in [2.45, 2.75) is 6.61 Å². The zero-order valence-corrected chi connectivity index (χ0v) is 9.91. The van der Waals surface area contributed by atoms with E-state index in [1.54, 1.807) is 0 Å². The molecule has 1 N–H and O–H groups in total. The fourth-order valence-electron chi connectivity index (χ4n) is 1.55. The van der Waals surface area contributed by atoms with Gasteiger partial charge >= 0.3 is 11.7 Å². The Morgan fingerprint density at radius 2 is 2.20 bits per heavy atom. The summed E-state index contributed by atoms with van der Waals surface area (Å²) in [5, 5.41) is 19.6. The molecule has 0 radical (unpaired) electrons. The number of nitrogens with zero attached hydrogens (tertiary/aromatic N) is 1. The Bertz CT molecular complexity index is 666. The van der Waals surface area contributed by atoms with Gasteiger partial charge in [-0.3, -0.25) is 10.1 Å². The molecule has 1 aromatic heterocycles. The number of carbonyl (C=O) groups is 1. The zero-order valence-electron chi connectivity index (χ0n) is 9.91. The van der Waals surface area contributed by atoms with E-state index in [2.05, 4.69) is 0 Å². The first-order valence-electron chi connectivity index (χ1n) is 5.35. The van der Waals surface area contributed by atoms with Crippen LogP contribution in [0.2, 0.25) is 0 Å². The third-order valence-corrected chi connectivity index (χ3v) is 2.44. The number of furan rings is 1. The molecule has 1 aromatic carbocycles. The molecule has 0 unspecified atom stereocenters. The first-order valence-corrected chi connectivity index (χ1v) is 5.35. The van der Waals surface area contributed by atoms with Crippen LogP contribution < -0.4 is 4.74 Å². The van der Waals surface area contributed by atoms with E-state index in [0.717, 1.165) is 24.5 Å². The molecule has 7 nitrogen and oxygen atoms in total. The monoisotopic (exact) mass is 281 g/mol. The summed E-state index contributed by atoms with van der Waals surface area (Å²) in [5.74, 6) is -2.60. The Labute approximate surface area is 111 Å². The van der Waals surface area contributed by atoms with E-state index in [0.29, 0.717) is 0 Å². The zero-order chi connectivity index (χ0) is 14.7. The standard InChI is InChI=1S/C12H8FNO6/c13-8-1-2-9(14(17)18)10(5-8)20-6-7-3-4-19-11(7)12(15)16/h1-5H,6H2,(H,15,16). The molecular formula is C12H8FNO6. The number of nitro groups is 1. The number of aromatic carboxylic acids is 1. The van der Waals surface area contributed by atoms with Crippen LogP contribution in [-0.2, 0) is 6.61 Å². The third-order valence-electron chi connectivity index (χ3n) is 2.44. The number of carboxylic acids is 1. The molecule has 0 fully saturated rings. The van der Waals surface area contributed by atoms with Gasteiger partial charge in [0, 0.05) is 17.7 Å². The van der Waals surface area contributed by atoms with E-state index in [4.69, 9.17) is 14.3 Å². The predicted octanol–water partition coefficient (Wildman–Crippen LogP) is 2.60. The molecule has 0 spiro atoms. The van der Waals surface area contributed by atoms with Crippen molar-refractivity contribution in [1.82, 2.24) is 0 Å². The quantitative estimate of drug-likeness (QED) is 0.667. The summed E-state index contributed by atoms with van der Waals surface area (Å²) < 4.78 is 22.9. The van der Waals surface area contributed by atoms with E-state index >= 15 is 0 Å². The van der Waals surface area contributed by atoms with Gasteiger partial charge in [0.15, 0.2) is 5.75 Å². The van der Waals surface area contributed by atoms with Crippen LogP contribution in [0.15, 0.2) is 34.9 Å². The molecule has 20 heavy (non-hydrogen) atoms. The van der Waals surface area contributed by atoms with Crippen LogP contribution in [-0.4, -0.2) is 16.0 Å². The fourth-order valence-corrected chi connectivity index (χ4v) is 1.55. The van der Waals surface area contributed by atoms with Crippen molar-refractivity contribution in [3.63, 3.8) is 0 Å². The normalized spacial score (nSPS) is 10.2. The van der Waals surface area contributed by atoms with Crippen LogP contribution in [0.4, 0.5) is 10.1 Å². The van der Waals surface area contributed by atoms with Gasteiger partial charge < -0.3 is 14.3 Å². The molecule has 0 aliphatic rings. The van der Waals surface area contributed by atoms with Crippen LogP contribution in [0.5, 0.6) is 5.75 Å². The Morgan fingerprint density at radius 1 is 1.45 bits per heavy atom. The van der Waals surface area contributed by atoms with Crippen molar-refractivity contribution < 1.29 is 28.4 Å². The summed E-state index contributed by atoms with van der Waals surface area (Å²) in [4.78, 5) is 20.8. The topological polar surface area (TPSA) is 103 Å². The summed E-state index contributed by atoms with van der Waals surface area (Å²) >= 11 is 0. The Morgan fingerprint density at radius 3 is 2.85 bits per heavy atom. The van der Waals surface area contributed by atoms with Crippen molar-refractivity contribution >= 4 is 11.7 Å². The minimum atomic E-state index is -1.29. The fraction of sp³-hybridized carbons (Fsp3) is 0.0833. The molecule has 104 valence electrons. The molecule has 0 aliphatic carbocycles. The second kappa shape index (κ2) is 5.39. The van der Waals surface area contributed by atoms with Gasteiger partial charge in [0.25, 0.3) is 0 Å². The van der Waals surface area contributed by atoms with E-state index < -0.39 is 22.4 Å². The van der Waals surface area contributed by atoms with Gasteiger partial charge in [0.05, 0.1) is 11.2 Å². The minimum absolute atomic E-state index is 0.191. The van der Waals surface area contributed by atoms with Crippen LogP contribution in [0.3, 0.4) is 0 Å². The molecule has 0 aliphatic heterocycles. The Hall–Kier alpha value is -2.90. The predicted molar refractivity (Wildman–Crippen MR) is 63.1 cm³/mol. The second-order valence-corrected chi connectivity index (χ2v) is 3.74. The average Bonchev–Trinajstić information content (AvgIpc) is 2.84. The molecule has 8 heteroatoms. The van der Waals surface area contributed by atoms with Gasteiger partial charge in [-0.05, 0) is 12.1 Å². The lowest BCUT2D eigenvalue weighted by Crippen LogP contribution is -2.04. The summed E-state index contributed by atoms with van der Waals surface area (Å²) in [5.41, 5.74) is -0.220. The van der Waals surface area contributed by atoms with Crippen molar-refractivity contribution in [3.8, 4) is 5.75 Å². The number of hydrogen-bond acceptors (Lipinski definition) is 5. The van der Waals surface area contributed by atoms with E-state index in [1.807, 2.05) is 0 Å². The smallest absolute Gasteiger partial charge is 0.372 e. The van der Waals surface area contributed by atoms with E-state index in [9.17, 15) is 19.3 Å². The minimum Gasteiger partial charge on any atom is -0.482 e. The first kappa shape index (κ1) is 13.5. The van der Waals surface area contributed by atoms with Crippen LogP contribution >= 0.6 is 0 Å². The highest BCUT2D eigenvalue weighted by atomic mass is 19.1. The van der Waals surface area contributed by atoms with Crippen LogP contribution in [0, 0.1) is 15.9 Å². The van der Waals surface area contributed by atoms with E-state index in [-0.39, 0.29) is 23.7 Å². The number of carboxylic acid groups (broad SMARTS) is 1. The Kier molecular flexibility index (Phi) is 3.65. The molecule has 0 atom stereocenters. The van der Waals surface area contributed by atoms with Crippen molar-refractivity contribution in [2.24, 2.45) is 0 Å². The molecule has 1 heterocycles. The van der Waals surface area contributed by atoms with Gasteiger partial charge in [-0.15, -0.1) is 0 Å². The lowest BCUT2D eigenvalue weighted by atomic mass is 10.2. The number of ether oxygens (including phenoxy) is 1. The lowest BCUT2D eigenvalue weighted by Gasteiger charge is -2.06. The Balaban J connectivity index is 2.22. The molecule has 0 bridgehead atoms. The SMILES string of the molecule is O=C(O)c1occc1COc1cc(F)ccc1[N+](=O)[O-]. The summed E-state index contributed by atoms with van der Waals surface area (Å²) in [6.07, 6.45) is 1.15. The summed E-state index contributed by atoms with van der Waals surface area (Å²) in [7, 11) is 0. The molecule has 2 rings (SSSR count). The van der Waals surface area contributed by atoms with Crippen LogP contribution in [0.25, 0.3) is 0 Å². The van der Waals surface area contributed by atoms with Gasteiger partial charge in [0.2, 0.25) is 5.76 Å². The molecule has 2 aromatic rings. The van der Waals surface area contributed by atoms with Crippen molar-refractivity contribution in [2.75, 3.05) is 0 Å². The third kappa shape index (κ3) is 2.74. The largest absolute Gasteiger partial charge is 0.482 e. The number of halogens is 1. The highest BCUT2D eigenvalue weighted by Crippen LogP contribution is 2.28. The molecule has 0 saturated carbocycles.